The van der Waals surface area contributed by atoms with Crippen molar-refractivity contribution in [3.05, 3.63) is 129 Å². The van der Waals surface area contributed by atoms with E-state index >= 15 is 0 Å². The molecule has 14 heteroatoms. The average Bonchev–Trinajstić information content (AvgIpc) is 3.05. The van der Waals surface area contributed by atoms with Crippen molar-refractivity contribution in [1.29, 1.82) is 10.8 Å². The van der Waals surface area contributed by atoms with E-state index in [-0.39, 0.29) is 69.1 Å². The average molecular weight is 685 g/mol. The summed E-state index contributed by atoms with van der Waals surface area (Å²) in [5, 5.41) is 24.5. The van der Waals surface area contributed by atoms with Crippen LogP contribution in [0.5, 0.6) is 0 Å². The third-order valence-corrected chi connectivity index (χ3v) is 12.5. The Morgan fingerprint density at radius 2 is 0.958 bits per heavy atom. The number of aryl methyl sites for hydroxylation is 2. The summed E-state index contributed by atoms with van der Waals surface area (Å²) in [6.07, 6.45) is -0.701. The number of benzene rings is 4. The quantitative estimate of drug-likeness (QED) is 0.0999. The maximum absolute atomic E-state index is 13.3. The Morgan fingerprint density at radius 3 is 1.27 bits per heavy atom. The van der Waals surface area contributed by atoms with Crippen molar-refractivity contribution in [1.82, 2.24) is 0 Å². The van der Waals surface area contributed by atoms with Crippen LogP contribution in [-0.2, 0) is 29.7 Å². The number of fused-ring (bicyclic) bond motifs is 2. The van der Waals surface area contributed by atoms with Crippen molar-refractivity contribution in [2.75, 3.05) is 0 Å². The minimum Gasteiger partial charge on any atom is -0.323 e. The Bertz CT molecular complexity index is 2190. The number of hydrogen-bond acceptors (Lipinski definition) is 10. The van der Waals surface area contributed by atoms with Crippen LogP contribution in [0.4, 0.5) is 0 Å². The van der Waals surface area contributed by atoms with Crippen LogP contribution >= 0.6 is 0 Å². The van der Waals surface area contributed by atoms with E-state index < -0.39 is 29.7 Å². The summed E-state index contributed by atoms with van der Waals surface area (Å²) < 4.78 is 71.0. The molecule has 0 fully saturated rings. The van der Waals surface area contributed by atoms with Crippen molar-refractivity contribution < 1.29 is 25.9 Å². The summed E-state index contributed by atoms with van der Waals surface area (Å²) in [6, 6.07) is 23.0. The molecule has 0 spiro atoms. The highest BCUT2D eigenvalue weighted by molar-refractivity contribution is 7.87. The predicted octanol–water partition coefficient (Wildman–Crippen LogP) is 4.41. The molecule has 0 saturated carbocycles. The van der Waals surface area contributed by atoms with Crippen LogP contribution in [0.2, 0.25) is 0 Å². The molecule has 8 N–H and O–H groups in total. The van der Waals surface area contributed by atoms with Gasteiger partial charge in [0.25, 0.3) is 20.2 Å². The summed E-state index contributed by atoms with van der Waals surface area (Å²) in [6.45, 7) is 3.42. The summed E-state index contributed by atoms with van der Waals surface area (Å²) in [5.74, 6) is 11.2. The normalized spacial score (nSPS) is 22.8. The van der Waals surface area contributed by atoms with Gasteiger partial charge in [0.1, 0.15) is 0 Å². The van der Waals surface area contributed by atoms with Gasteiger partial charge in [-0.05, 0) is 58.4 Å². The van der Waals surface area contributed by atoms with Crippen LogP contribution in [0, 0.1) is 24.7 Å². The van der Waals surface area contributed by atoms with E-state index in [1.165, 1.54) is 0 Å². The molecule has 6 rings (SSSR count). The van der Waals surface area contributed by atoms with E-state index in [0.717, 1.165) is 0 Å². The summed E-state index contributed by atoms with van der Waals surface area (Å²) in [4.78, 5) is 0. The first kappa shape index (κ1) is 32.9. The highest BCUT2D eigenvalue weighted by Gasteiger charge is 2.54. The van der Waals surface area contributed by atoms with Crippen molar-refractivity contribution in [3.8, 4) is 11.1 Å². The van der Waals surface area contributed by atoms with Crippen LogP contribution < -0.4 is 11.7 Å². The fourth-order valence-electron chi connectivity index (χ4n) is 7.29. The molecule has 2 aliphatic rings. The maximum Gasteiger partial charge on any atom is 0.279 e. The fourth-order valence-corrected chi connectivity index (χ4v) is 9.85. The van der Waals surface area contributed by atoms with Crippen LogP contribution in [0.15, 0.2) is 95.1 Å². The number of nitrogens with zero attached hydrogens (tertiary/aromatic N) is 2. The largest absolute Gasteiger partial charge is 0.323 e. The maximum atomic E-state index is 13.3. The van der Waals surface area contributed by atoms with E-state index in [1.807, 2.05) is 0 Å². The highest BCUT2D eigenvalue weighted by Crippen LogP contribution is 2.49. The minimum atomic E-state index is -4.85. The van der Waals surface area contributed by atoms with Gasteiger partial charge in [-0.2, -0.15) is 27.0 Å². The van der Waals surface area contributed by atoms with E-state index in [9.17, 15) is 25.9 Å². The highest BCUT2D eigenvalue weighted by atomic mass is 32.2. The van der Waals surface area contributed by atoms with E-state index in [0.29, 0.717) is 22.3 Å². The van der Waals surface area contributed by atoms with E-state index in [2.05, 4.69) is 10.2 Å². The summed E-state index contributed by atoms with van der Waals surface area (Å²) >= 11 is 0. The first-order chi connectivity index (χ1) is 22.6. The van der Waals surface area contributed by atoms with Crippen molar-refractivity contribution in [2.45, 2.75) is 36.2 Å². The summed E-state index contributed by atoms with van der Waals surface area (Å²) in [5.41, 5.74) is 3.96. The second-order valence-electron chi connectivity index (χ2n) is 12.0. The zero-order valence-corrected chi connectivity index (χ0v) is 27.5. The van der Waals surface area contributed by atoms with Crippen LogP contribution in [0.1, 0.15) is 57.3 Å². The van der Waals surface area contributed by atoms with Gasteiger partial charge >= 0.3 is 0 Å². The molecule has 12 nitrogen and oxygen atoms in total. The molecule has 2 unspecified atom stereocenters. The lowest BCUT2D eigenvalue weighted by molar-refractivity contribution is 0.444. The van der Waals surface area contributed by atoms with E-state index in [4.69, 9.17) is 22.5 Å². The molecule has 4 aromatic rings. The van der Waals surface area contributed by atoms with Gasteiger partial charge in [0.05, 0.1) is 22.8 Å². The van der Waals surface area contributed by atoms with E-state index in [1.54, 1.807) is 98.8 Å². The van der Waals surface area contributed by atoms with Crippen molar-refractivity contribution in [3.63, 3.8) is 0 Å². The van der Waals surface area contributed by atoms with Crippen molar-refractivity contribution in [2.24, 2.45) is 21.9 Å². The SMILES string of the molecule is Cc1cc(-c2ccc(C3(S(=O)(=O)O)C/C(=N\N)C(=N)c4ccccc43)c(C)c2)ccc1C1(S(=O)(=O)O)C/C(=N/N)C(=N)c2ccccc21. The Hall–Kier alpha value is -5.02. The fraction of sp³-hybridized carbons (Fsp3) is 0.176. The van der Waals surface area contributed by atoms with Crippen molar-refractivity contribution >= 4 is 43.1 Å². The number of hydrazone groups is 2. The smallest absolute Gasteiger partial charge is 0.279 e. The summed E-state index contributed by atoms with van der Waals surface area (Å²) in [7, 11) is -9.70. The molecule has 2 atom stereocenters. The number of hydrogen-bond donors (Lipinski definition) is 6. The lowest BCUT2D eigenvalue weighted by Gasteiger charge is -2.38. The van der Waals surface area contributed by atoms with Gasteiger partial charge in [0.15, 0.2) is 9.49 Å². The van der Waals surface area contributed by atoms with Crippen LogP contribution in [-0.4, -0.2) is 48.8 Å². The first-order valence-corrected chi connectivity index (χ1v) is 17.6. The number of rotatable bonds is 5. The van der Waals surface area contributed by atoms with Gasteiger partial charge in [0, 0.05) is 24.0 Å². The molecule has 246 valence electrons. The molecule has 0 heterocycles. The standard InChI is InChI=1S/C34H32N6O6S2/c1-19-15-21(11-13-25(19)33(47(41,42)43)17-29(39-37)31(35)23-7-3-5-9-27(23)33)22-12-14-26(20(2)16-22)34(48(44,45)46)18-30(40-38)32(36)24-8-4-6-10-28(24)34/h3-16,35-36H,17-18,37-38H2,1-2H3,(H,41,42,43)(H,44,45,46)/b35-31?,36-32?,39-29-,40-30+. The van der Waals surface area contributed by atoms with Crippen LogP contribution in [0.3, 0.4) is 0 Å². The molecule has 0 aliphatic heterocycles. The zero-order valence-electron chi connectivity index (χ0n) is 25.9. The molecular formula is C34H32N6O6S2. The van der Waals surface area contributed by atoms with Gasteiger partial charge < -0.3 is 11.7 Å². The van der Waals surface area contributed by atoms with Gasteiger partial charge in [-0.25, -0.2) is 0 Å². The second kappa shape index (κ2) is 11.3. The van der Waals surface area contributed by atoms with Gasteiger partial charge in [-0.15, -0.1) is 0 Å². The number of nitrogens with one attached hydrogen (secondary N) is 2. The predicted molar refractivity (Wildman–Crippen MR) is 185 cm³/mol. The van der Waals surface area contributed by atoms with Gasteiger partial charge in [-0.3, -0.25) is 19.9 Å². The van der Waals surface area contributed by atoms with Gasteiger partial charge in [0.2, 0.25) is 0 Å². The lowest BCUT2D eigenvalue weighted by Crippen LogP contribution is -2.46. The monoisotopic (exact) mass is 684 g/mol. The third kappa shape index (κ3) is 4.63. The third-order valence-electron chi connectivity index (χ3n) is 9.52. The minimum absolute atomic E-state index is 0.0241. The lowest BCUT2D eigenvalue weighted by atomic mass is 9.74. The molecule has 0 aromatic heterocycles. The molecule has 0 bridgehead atoms. The number of nitrogens with two attached hydrogens (primary N) is 2. The molecule has 0 amide bonds. The molecular weight excluding hydrogens is 653 g/mol. The topological polar surface area (TPSA) is 233 Å². The van der Waals surface area contributed by atoms with Gasteiger partial charge in [-0.1, -0.05) is 84.9 Å². The Labute approximate surface area is 277 Å². The second-order valence-corrected chi connectivity index (χ2v) is 15.3. The Balaban J connectivity index is 1.51. The Kier molecular flexibility index (Phi) is 7.75. The first-order valence-electron chi connectivity index (χ1n) is 14.7. The van der Waals surface area contributed by atoms with Crippen LogP contribution in [0.25, 0.3) is 11.1 Å². The molecule has 48 heavy (non-hydrogen) atoms. The molecule has 0 saturated heterocycles. The molecule has 2 aliphatic carbocycles. The zero-order chi connectivity index (χ0) is 34.8. The molecule has 0 radical (unpaired) electrons. The molecule has 4 aromatic carbocycles. The Morgan fingerprint density at radius 1 is 0.604 bits per heavy atom.